The van der Waals surface area contributed by atoms with Gasteiger partial charge in [-0.2, -0.15) is 8.78 Å². The van der Waals surface area contributed by atoms with Crippen LogP contribution in [0.5, 0.6) is 0 Å². The third-order valence-corrected chi connectivity index (χ3v) is 6.38. The maximum absolute atomic E-state index is 12.6. The minimum Gasteiger partial charge on any atom is -0.325 e. The minimum absolute atomic E-state index is 0.0694. The predicted molar refractivity (Wildman–Crippen MR) is 107 cm³/mol. The number of carbonyl (C=O) groups is 1. The molecule has 3 rings (SSSR count). The maximum Gasteiger partial charge on any atom is 0.341 e. The Balaban J connectivity index is 1.63. The summed E-state index contributed by atoms with van der Waals surface area (Å²) in [5.74, 6) is -3.75. The number of nitrogens with one attached hydrogen (secondary N) is 1. The van der Waals surface area contributed by atoms with E-state index in [1.807, 2.05) is 42.0 Å². The predicted octanol–water partition coefficient (Wildman–Crippen LogP) is 3.91. The first-order chi connectivity index (χ1) is 13.8. The summed E-state index contributed by atoms with van der Waals surface area (Å²) in [5, 5.41) is 3.25. The number of alkyl halides is 2. The Labute approximate surface area is 170 Å². The number of thioether (sulfide) groups is 1. The molecule has 0 saturated heterocycles. The first kappa shape index (κ1) is 21.0. The van der Waals surface area contributed by atoms with Crippen LogP contribution in [0.2, 0.25) is 0 Å². The van der Waals surface area contributed by atoms with Crippen LogP contribution in [0.15, 0.2) is 71.0 Å². The second kappa shape index (κ2) is 8.75. The highest BCUT2D eigenvalue weighted by Crippen LogP contribution is 2.23. The van der Waals surface area contributed by atoms with Crippen molar-refractivity contribution in [2.75, 3.05) is 11.1 Å². The number of nitrogens with zero attached hydrogens (tertiary/aromatic N) is 2. The highest BCUT2D eigenvalue weighted by atomic mass is 32.2. The lowest BCUT2D eigenvalue weighted by molar-refractivity contribution is -0.113. The van der Waals surface area contributed by atoms with Gasteiger partial charge in [-0.1, -0.05) is 30.0 Å². The van der Waals surface area contributed by atoms with Gasteiger partial charge in [-0.25, -0.2) is 13.4 Å². The fraction of sp³-hybridized carbons (Fsp3) is 0.158. The van der Waals surface area contributed by atoms with Gasteiger partial charge in [0.2, 0.25) is 15.7 Å². The van der Waals surface area contributed by atoms with Gasteiger partial charge < -0.3 is 5.32 Å². The average Bonchev–Trinajstić information content (AvgIpc) is 3.15. The van der Waals surface area contributed by atoms with Gasteiger partial charge >= 0.3 is 5.76 Å². The minimum atomic E-state index is -4.66. The van der Waals surface area contributed by atoms with Gasteiger partial charge in [0.1, 0.15) is 0 Å². The van der Waals surface area contributed by atoms with Crippen LogP contribution in [0.1, 0.15) is 5.56 Å². The molecule has 0 unspecified atom stereocenters. The number of aromatic nitrogens is 2. The van der Waals surface area contributed by atoms with Gasteiger partial charge in [0.25, 0.3) is 0 Å². The van der Waals surface area contributed by atoms with Crippen molar-refractivity contribution < 1.29 is 22.0 Å². The lowest BCUT2D eigenvalue weighted by Gasteiger charge is -2.10. The second-order valence-electron chi connectivity index (χ2n) is 6.03. The number of sulfone groups is 1. The summed E-state index contributed by atoms with van der Waals surface area (Å²) >= 11 is 1.24. The van der Waals surface area contributed by atoms with Crippen LogP contribution in [0.3, 0.4) is 0 Å². The van der Waals surface area contributed by atoms with Crippen molar-refractivity contribution in [2.45, 2.75) is 22.7 Å². The van der Waals surface area contributed by atoms with Crippen LogP contribution in [0, 0.1) is 6.92 Å². The molecule has 0 aliphatic heterocycles. The number of imidazole rings is 1. The highest BCUT2D eigenvalue weighted by Gasteiger charge is 2.26. The molecule has 0 radical (unpaired) electrons. The molecule has 152 valence electrons. The molecule has 0 fully saturated rings. The summed E-state index contributed by atoms with van der Waals surface area (Å²) in [6.45, 7) is 1.98. The number of amides is 1. The molecule has 1 heterocycles. The Morgan fingerprint density at radius 2 is 1.86 bits per heavy atom. The monoisotopic (exact) mass is 437 g/mol. The quantitative estimate of drug-likeness (QED) is 0.567. The van der Waals surface area contributed by atoms with Crippen LogP contribution in [-0.2, 0) is 14.6 Å². The molecular weight excluding hydrogens is 420 g/mol. The molecule has 1 amide bonds. The molecule has 29 heavy (non-hydrogen) atoms. The van der Waals surface area contributed by atoms with Crippen LogP contribution in [0.25, 0.3) is 5.69 Å². The largest absolute Gasteiger partial charge is 0.341 e. The van der Waals surface area contributed by atoms with Crippen molar-refractivity contribution in [3.63, 3.8) is 0 Å². The number of hydrogen-bond donors (Lipinski definition) is 1. The first-order valence-electron chi connectivity index (χ1n) is 8.43. The second-order valence-corrected chi connectivity index (χ2v) is 8.89. The fourth-order valence-electron chi connectivity index (χ4n) is 2.57. The van der Waals surface area contributed by atoms with E-state index in [1.54, 1.807) is 6.20 Å². The maximum atomic E-state index is 12.6. The van der Waals surface area contributed by atoms with Crippen LogP contribution >= 0.6 is 11.8 Å². The van der Waals surface area contributed by atoms with E-state index < -0.39 is 20.5 Å². The van der Waals surface area contributed by atoms with E-state index in [-0.39, 0.29) is 11.7 Å². The zero-order chi connectivity index (χ0) is 21.0. The molecule has 1 aromatic heterocycles. The van der Waals surface area contributed by atoms with Gasteiger partial charge in [-0.15, -0.1) is 0 Å². The van der Waals surface area contributed by atoms with E-state index >= 15 is 0 Å². The number of para-hydroxylation sites is 1. The van der Waals surface area contributed by atoms with Gasteiger partial charge in [0, 0.05) is 18.1 Å². The summed E-state index contributed by atoms with van der Waals surface area (Å²) in [6.07, 6.45) is 3.46. The van der Waals surface area contributed by atoms with Crippen LogP contribution in [-0.4, -0.2) is 35.4 Å². The van der Waals surface area contributed by atoms with Crippen molar-refractivity contribution in [1.29, 1.82) is 0 Å². The average molecular weight is 437 g/mol. The molecule has 0 spiro atoms. The van der Waals surface area contributed by atoms with Gasteiger partial charge in [-0.3, -0.25) is 9.36 Å². The van der Waals surface area contributed by atoms with Crippen molar-refractivity contribution >= 4 is 33.2 Å². The topological polar surface area (TPSA) is 81.1 Å². The SMILES string of the molecule is Cc1ccccc1-n1ccnc1SCC(=O)Nc1ccc(S(=O)(=O)C(F)F)cc1. The molecule has 0 aliphatic carbocycles. The van der Waals surface area contributed by atoms with Gasteiger partial charge in [-0.05, 0) is 42.8 Å². The Bertz CT molecular complexity index is 1110. The van der Waals surface area contributed by atoms with Crippen LogP contribution in [0.4, 0.5) is 14.5 Å². The summed E-state index contributed by atoms with van der Waals surface area (Å²) in [4.78, 5) is 16.0. The number of anilines is 1. The van der Waals surface area contributed by atoms with E-state index in [0.29, 0.717) is 10.8 Å². The standard InChI is InChI=1S/C19H17F2N3O3S2/c1-13-4-2-3-5-16(13)24-11-10-22-19(24)28-12-17(25)23-14-6-8-15(9-7-14)29(26,27)18(20)21/h2-11,18H,12H2,1H3,(H,23,25). The van der Waals surface area contributed by atoms with E-state index in [1.165, 1.54) is 23.9 Å². The molecule has 3 aromatic rings. The molecule has 0 saturated carbocycles. The Kier molecular flexibility index (Phi) is 6.33. The third kappa shape index (κ3) is 4.83. The number of halogens is 2. The fourth-order valence-corrected chi connectivity index (χ4v) is 4.06. The molecular formula is C19H17F2N3O3S2. The lowest BCUT2D eigenvalue weighted by Crippen LogP contribution is -2.15. The summed E-state index contributed by atoms with van der Waals surface area (Å²) < 4.78 is 49.8. The Morgan fingerprint density at radius 3 is 2.52 bits per heavy atom. The number of hydrogen-bond acceptors (Lipinski definition) is 5. The van der Waals surface area contributed by atoms with Crippen molar-refractivity contribution in [3.8, 4) is 5.69 Å². The normalized spacial score (nSPS) is 11.6. The van der Waals surface area contributed by atoms with Gasteiger partial charge in [0.15, 0.2) is 5.16 Å². The van der Waals surface area contributed by atoms with Crippen molar-refractivity contribution in [3.05, 3.63) is 66.5 Å². The zero-order valence-corrected chi connectivity index (χ0v) is 16.9. The Morgan fingerprint density at radius 1 is 1.17 bits per heavy atom. The number of benzene rings is 2. The van der Waals surface area contributed by atoms with Crippen LogP contribution < -0.4 is 5.32 Å². The first-order valence-corrected chi connectivity index (χ1v) is 11.0. The summed E-state index contributed by atoms with van der Waals surface area (Å²) in [7, 11) is -4.66. The molecule has 0 atom stereocenters. The highest BCUT2D eigenvalue weighted by molar-refractivity contribution is 7.99. The molecule has 2 aromatic carbocycles. The molecule has 10 heteroatoms. The molecule has 6 nitrogen and oxygen atoms in total. The number of aryl methyl sites for hydroxylation is 1. The smallest absolute Gasteiger partial charge is 0.325 e. The van der Waals surface area contributed by atoms with E-state index in [0.717, 1.165) is 23.4 Å². The number of rotatable bonds is 7. The van der Waals surface area contributed by atoms with Crippen molar-refractivity contribution in [1.82, 2.24) is 9.55 Å². The molecule has 1 N–H and O–H groups in total. The van der Waals surface area contributed by atoms with E-state index in [9.17, 15) is 22.0 Å². The Hall–Kier alpha value is -2.72. The number of carbonyl (C=O) groups excluding carboxylic acids is 1. The summed E-state index contributed by atoms with van der Waals surface area (Å²) in [5.41, 5.74) is 2.34. The lowest BCUT2D eigenvalue weighted by atomic mass is 10.2. The summed E-state index contributed by atoms with van der Waals surface area (Å²) in [6, 6.07) is 12.4. The van der Waals surface area contributed by atoms with Gasteiger partial charge in [0.05, 0.1) is 16.3 Å². The van der Waals surface area contributed by atoms with E-state index in [4.69, 9.17) is 0 Å². The third-order valence-electron chi connectivity index (χ3n) is 4.02. The molecule has 0 bridgehead atoms. The van der Waals surface area contributed by atoms with Crippen molar-refractivity contribution in [2.24, 2.45) is 0 Å². The molecule has 0 aliphatic rings. The zero-order valence-electron chi connectivity index (χ0n) is 15.2. The van der Waals surface area contributed by atoms with E-state index in [2.05, 4.69) is 10.3 Å².